The van der Waals surface area contributed by atoms with Gasteiger partial charge in [-0.05, 0) is 80.5 Å². The van der Waals surface area contributed by atoms with Gasteiger partial charge in [0.2, 0.25) is 10.0 Å². The van der Waals surface area contributed by atoms with E-state index in [9.17, 15) is 13.2 Å². The predicted molar refractivity (Wildman–Crippen MR) is 136 cm³/mol. The van der Waals surface area contributed by atoms with Gasteiger partial charge >= 0.3 is 5.97 Å². The molecule has 35 heavy (non-hydrogen) atoms. The number of fused-ring (bicyclic) bond motifs is 1. The van der Waals surface area contributed by atoms with Crippen molar-refractivity contribution in [2.45, 2.75) is 56.6 Å². The lowest BCUT2D eigenvalue weighted by Gasteiger charge is -2.28. The normalized spacial score (nSPS) is 15.8. The summed E-state index contributed by atoms with van der Waals surface area (Å²) in [5.41, 5.74) is 3.21. The predicted octanol–water partition coefficient (Wildman–Crippen LogP) is 5.43. The molecule has 0 saturated heterocycles. The quantitative estimate of drug-likeness (QED) is 0.444. The third-order valence-corrected chi connectivity index (χ3v) is 7.29. The molecule has 0 aliphatic heterocycles. The summed E-state index contributed by atoms with van der Waals surface area (Å²) in [5.74, 6) is 0.145. The first-order valence-corrected chi connectivity index (χ1v) is 13.2. The highest BCUT2D eigenvalue weighted by Gasteiger charge is 2.28. The number of hydrogen-bond acceptors (Lipinski definition) is 5. The SMILES string of the molecule is CC(C)(C)OC(=O)COc1cccc2c1CCCC2NS(=O)(=O)c1ccc(-c2ccccc2)cc1. The van der Waals surface area contributed by atoms with Crippen LogP contribution in [0.1, 0.15) is 50.8 Å². The maximum Gasteiger partial charge on any atom is 0.344 e. The Morgan fingerprint density at radius 1 is 0.943 bits per heavy atom. The summed E-state index contributed by atoms with van der Waals surface area (Å²) in [6.07, 6.45) is 2.24. The molecule has 1 aliphatic rings. The molecule has 0 saturated carbocycles. The van der Waals surface area contributed by atoms with Gasteiger partial charge in [0.05, 0.1) is 4.90 Å². The Labute approximate surface area is 207 Å². The van der Waals surface area contributed by atoms with Gasteiger partial charge in [0.25, 0.3) is 0 Å². The summed E-state index contributed by atoms with van der Waals surface area (Å²) in [6.45, 7) is 5.22. The maximum absolute atomic E-state index is 13.2. The molecule has 0 radical (unpaired) electrons. The van der Waals surface area contributed by atoms with E-state index in [1.165, 1.54) is 0 Å². The fraction of sp³-hybridized carbons (Fsp3) is 0.321. The number of carbonyl (C=O) groups excluding carboxylic acids is 1. The van der Waals surface area contributed by atoms with E-state index in [-0.39, 0.29) is 17.5 Å². The van der Waals surface area contributed by atoms with Gasteiger partial charge in [-0.2, -0.15) is 0 Å². The molecule has 0 amide bonds. The van der Waals surface area contributed by atoms with Gasteiger partial charge in [-0.15, -0.1) is 0 Å². The molecule has 7 heteroatoms. The summed E-state index contributed by atoms with van der Waals surface area (Å²) in [4.78, 5) is 12.3. The second-order valence-corrected chi connectivity index (χ2v) is 11.4. The second kappa shape index (κ2) is 10.2. The van der Waals surface area contributed by atoms with Gasteiger partial charge in [-0.3, -0.25) is 0 Å². The van der Waals surface area contributed by atoms with Crippen molar-refractivity contribution in [3.63, 3.8) is 0 Å². The topological polar surface area (TPSA) is 81.7 Å². The summed E-state index contributed by atoms with van der Waals surface area (Å²) < 4.78 is 40.3. The first kappa shape index (κ1) is 24.9. The van der Waals surface area contributed by atoms with Crippen molar-refractivity contribution in [2.75, 3.05) is 6.61 Å². The minimum Gasteiger partial charge on any atom is -0.482 e. The summed E-state index contributed by atoms with van der Waals surface area (Å²) in [7, 11) is -3.73. The minimum atomic E-state index is -3.73. The highest BCUT2D eigenvalue weighted by Crippen LogP contribution is 2.36. The molecule has 1 atom stereocenters. The number of ether oxygens (including phenoxy) is 2. The van der Waals surface area contributed by atoms with Crippen LogP contribution < -0.4 is 9.46 Å². The number of carbonyl (C=O) groups is 1. The van der Waals surface area contributed by atoms with Crippen LogP contribution in [-0.2, 0) is 26.0 Å². The monoisotopic (exact) mass is 493 g/mol. The molecule has 1 unspecified atom stereocenters. The Balaban J connectivity index is 1.49. The molecular formula is C28H31NO5S. The second-order valence-electron chi connectivity index (χ2n) is 9.66. The van der Waals surface area contributed by atoms with E-state index in [0.717, 1.165) is 35.1 Å². The zero-order valence-corrected chi connectivity index (χ0v) is 21.1. The van der Waals surface area contributed by atoms with Gasteiger partial charge in [0, 0.05) is 6.04 Å². The lowest BCUT2D eigenvalue weighted by Crippen LogP contribution is -2.31. The van der Waals surface area contributed by atoms with Crippen molar-refractivity contribution in [2.24, 2.45) is 0 Å². The van der Waals surface area contributed by atoms with Crippen LogP contribution >= 0.6 is 0 Å². The van der Waals surface area contributed by atoms with E-state index in [4.69, 9.17) is 9.47 Å². The molecule has 0 heterocycles. The molecule has 6 nitrogen and oxygen atoms in total. The molecule has 0 spiro atoms. The van der Waals surface area contributed by atoms with Crippen molar-refractivity contribution >= 4 is 16.0 Å². The average molecular weight is 494 g/mol. The maximum atomic E-state index is 13.2. The zero-order chi connectivity index (χ0) is 25.1. The highest BCUT2D eigenvalue weighted by atomic mass is 32.2. The number of esters is 1. The molecule has 3 aromatic carbocycles. The van der Waals surface area contributed by atoms with Crippen LogP contribution in [-0.4, -0.2) is 26.6 Å². The van der Waals surface area contributed by atoms with Gasteiger partial charge in [-0.1, -0.05) is 54.6 Å². The largest absolute Gasteiger partial charge is 0.482 e. The molecule has 0 bridgehead atoms. The molecule has 1 aliphatic carbocycles. The lowest BCUT2D eigenvalue weighted by atomic mass is 9.87. The first-order valence-electron chi connectivity index (χ1n) is 11.8. The fourth-order valence-electron chi connectivity index (χ4n) is 4.29. The van der Waals surface area contributed by atoms with Crippen LogP contribution in [0.3, 0.4) is 0 Å². The summed E-state index contributed by atoms with van der Waals surface area (Å²) in [5, 5.41) is 0. The third-order valence-electron chi connectivity index (χ3n) is 5.80. The number of nitrogens with one attached hydrogen (secondary N) is 1. The Kier molecular flexibility index (Phi) is 7.28. The lowest BCUT2D eigenvalue weighted by molar-refractivity contribution is -0.157. The number of sulfonamides is 1. The van der Waals surface area contributed by atoms with Crippen LogP contribution in [0.2, 0.25) is 0 Å². The Morgan fingerprint density at radius 2 is 1.63 bits per heavy atom. The highest BCUT2D eigenvalue weighted by molar-refractivity contribution is 7.89. The number of hydrogen-bond donors (Lipinski definition) is 1. The van der Waals surface area contributed by atoms with Gasteiger partial charge in [-0.25, -0.2) is 17.9 Å². The van der Waals surface area contributed by atoms with Crippen LogP contribution in [0.15, 0.2) is 77.7 Å². The van der Waals surface area contributed by atoms with E-state index in [2.05, 4.69) is 4.72 Å². The first-order chi connectivity index (χ1) is 16.6. The van der Waals surface area contributed by atoms with Crippen LogP contribution in [0.5, 0.6) is 5.75 Å². The Bertz CT molecular complexity index is 1280. The fourth-order valence-corrected chi connectivity index (χ4v) is 5.54. The molecule has 3 aromatic rings. The third kappa shape index (κ3) is 6.29. The van der Waals surface area contributed by atoms with E-state index in [1.807, 2.05) is 60.7 Å². The molecule has 0 fully saturated rings. The van der Waals surface area contributed by atoms with Crippen LogP contribution in [0.25, 0.3) is 11.1 Å². The molecule has 184 valence electrons. The van der Waals surface area contributed by atoms with Gasteiger partial charge in [0.1, 0.15) is 11.4 Å². The van der Waals surface area contributed by atoms with Gasteiger partial charge in [0.15, 0.2) is 6.61 Å². The van der Waals surface area contributed by atoms with Gasteiger partial charge < -0.3 is 9.47 Å². The Morgan fingerprint density at radius 3 is 2.31 bits per heavy atom. The minimum absolute atomic E-state index is 0.197. The number of benzene rings is 3. The summed E-state index contributed by atoms with van der Waals surface area (Å²) in [6, 6.07) is 21.9. The molecule has 4 rings (SSSR count). The van der Waals surface area contributed by atoms with Crippen molar-refractivity contribution in [1.82, 2.24) is 4.72 Å². The Hall–Kier alpha value is -3.16. The van der Waals surface area contributed by atoms with Crippen molar-refractivity contribution in [3.8, 4) is 16.9 Å². The van der Waals surface area contributed by atoms with E-state index < -0.39 is 21.6 Å². The molecule has 1 N–H and O–H groups in total. The standard InChI is InChI=1S/C28H31NO5S/c1-28(2,3)34-27(30)19-33-26-14-8-11-23-24(26)12-7-13-25(23)29-35(31,32)22-17-15-21(16-18-22)20-9-5-4-6-10-20/h4-6,8-11,14-18,25,29H,7,12-13,19H2,1-3H3. The molecule has 0 aromatic heterocycles. The van der Waals surface area contributed by atoms with Crippen molar-refractivity contribution < 1.29 is 22.7 Å². The zero-order valence-electron chi connectivity index (χ0n) is 20.3. The average Bonchev–Trinajstić information content (AvgIpc) is 2.82. The van der Waals surface area contributed by atoms with E-state index in [0.29, 0.717) is 12.2 Å². The van der Waals surface area contributed by atoms with Crippen LogP contribution in [0, 0.1) is 0 Å². The van der Waals surface area contributed by atoms with Crippen LogP contribution in [0.4, 0.5) is 0 Å². The van der Waals surface area contributed by atoms with Crippen molar-refractivity contribution in [3.05, 3.63) is 83.9 Å². The smallest absolute Gasteiger partial charge is 0.344 e. The number of rotatable bonds is 7. The summed E-state index contributed by atoms with van der Waals surface area (Å²) >= 11 is 0. The van der Waals surface area contributed by atoms with Crippen molar-refractivity contribution in [1.29, 1.82) is 0 Å². The van der Waals surface area contributed by atoms with E-state index in [1.54, 1.807) is 32.9 Å². The molecular weight excluding hydrogens is 462 g/mol. The van der Waals surface area contributed by atoms with E-state index >= 15 is 0 Å².